The molecule has 0 aliphatic carbocycles. The van der Waals surface area contributed by atoms with Crippen molar-refractivity contribution in [3.05, 3.63) is 40.7 Å². The van der Waals surface area contributed by atoms with Crippen LogP contribution in [0.25, 0.3) is 0 Å². The highest BCUT2D eigenvalue weighted by atomic mass is 19.4. The Bertz CT molecular complexity index is 755. The molecule has 0 spiro atoms. The van der Waals surface area contributed by atoms with Gasteiger partial charge in [-0.3, -0.25) is 9.89 Å². The molecule has 0 saturated heterocycles. The van der Waals surface area contributed by atoms with Crippen LogP contribution < -0.4 is 10.6 Å². The SMILES string of the molecule is O=C(Nc1cc(C(F)(F)F)ccc1O)c1n[nH]c2c1CNCC2. The van der Waals surface area contributed by atoms with E-state index in [-0.39, 0.29) is 11.4 Å². The number of aromatic hydroxyl groups is 1. The molecule has 6 nitrogen and oxygen atoms in total. The second-order valence-electron chi connectivity index (χ2n) is 5.14. The number of nitrogens with zero attached hydrogens (tertiary/aromatic N) is 1. The predicted octanol–water partition coefficient (Wildman–Crippen LogP) is 2.03. The molecule has 1 aliphatic rings. The fraction of sp³-hybridized carbons (Fsp3) is 0.286. The van der Waals surface area contributed by atoms with Gasteiger partial charge in [0, 0.05) is 30.8 Å². The smallest absolute Gasteiger partial charge is 0.416 e. The van der Waals surface area contributed by atoms with Gasteiger partial charge in [0.05, 0.1) is 11.3 Å². The van der Waals surface area contributed by atoms with Gasteiger partial charge in [-0.25, -0.2) is 0 Å². The lowest BCUT2D eigenvalue weighted by atomic mass is 10.1. The first-order valence-corrected chi connectivity index (χ1v) is 6.84. The number of phenols is 1. The summed E-state index contributed by atoms with van der Waals surface area (Å²) in [6.45, 7) is 1.20. The van der Waals surface area contributed by atoms with E-state index in [0.717, 1.165) is 24.4 Å². The highest BCUT2D eigenvalue weighted by Crippen LogP contribution is 2.34. The summed E-state index contributed by atoms with van der Waals surface area (Å²) >= 11 is 0. The van der Waals surface area contributed by atoms with Gasteiger partial charge in [0.25, 0.3) is 5.91 Å². The maximum Gasteiger partial charge on any atom is 0.416 e. The van der Waals surface area contributed by atoms with Gasteiger partial charge in [0.15, 0.2) is 5.69 Å². The summed E-state index contributed by atoms with van der Waals surface area (Å²) in [6, 6.07) is 2.32. The number of aromatic nitrogens is 2. The van der Waals surface area contributed by atoms with Gasteiger partial charge >= 0.3 is 6.18 Å². The van der Waals surface area contributed by atoms with Crippen LogP contribution in [0.5, 0.6) is 5.75 Å². The first-order valence-electron chi connectivity index (χ1n) is 6.84. The zero-order valence-electron chi connectivity index (χ0n) is 11.8. The number of benzene rings is 1. The van der Waals surface area contributed by atoms with Crippen molar-refractivity contribution in [2.45, 2.75) is 19.1 Å². The highest BCUT2D eigenvalue weighted by Gasteiger charge is 2.31. The van der Waals surface area contributed by atoms with Gasteiger partial charge < -0.3 is 15.7 Å². The molecule has 2 heterocycles. The van der Waals surface area contributed by atoms with Crippen molar-refractivity contribution in [3.63, 3.8) is 0 Å². The minimum absolute atomic E-state index is 0.101. The van der Waals surface area contributed by atoms with Crippen LogP contribution in [0.4, 0.5) is 18.9 Å². The number of carbonyl (C=O) groups is 1. The van der Waals surface area contributed by atoms with Crippen molar-refractivity contribution in [3.8, 4) is 5.75 Å². The summed E-state index contributed by atoms with van der Waals surface area (Å²) in [6.07, 6.45) is -3.88. The molecule has 122 valence electrons. The molecule has 0 fully saturated rings. The van der Waals surface area contributed by atoms with Crippen LogP contribution in [0.15, 0.2) is 18.2 Å². The summed E-state index contributed by atoms with van der Waals surface area (Å²) < 4.78 is 38.1. The van der Waals surface area contributed by atoms with Crippen LogP contribution in [-0.2, 0) is 19.1 Å². The lowest BCUT2D eigenvalue weighted by Gasteiger charge is -2.14. The topological polar surface area (TPSA) is 90.0 Å². The van der Waals surface area contributed by atoms with E-state index in [1.54, 1.807) is 0 Å². The van der Waals surface area contributed by atoms with Crippen molar-refractivity contribution in [1.29, 1.82) is 0 Å². The molecule has 9 heteroatoms. The van der Waals surface area contributed by atoms with Gasteiger partial charge in [-0.15, -0.1) is 0 Å². The Balaban J connectivity index is 1.87. The summed E-state index contributed by atoms with van der Waals surface area (Å²) in [4.78, 5) is 12.2. The number of hydrogen-bond acceptors (Lipinski definition) is 4. The number of anilines is 1. The van der Waals surface area contributed by atoms with Gasteiger partial charge in [-0.1, -0.05) is 0 Å². The van der Waals surface area contributed by atoms with Crippen molar-refractivity contribution in [2.75, 3.05) is 11.9 Å². The minimum atomic E-state index is -4.57. The number of phenolic OH excluding ortho intramolecular Hbond substituents is 1. The maximum absolute atomic E-state index is 12.7. The second-order valence-corrected chi connectivity index (χ2v) is 5.14. The molecule has 1 aromatic heterocycles. The Hall–Kier alpha value is -2.55. The zero-order chi connectivity index (χ0) is 16.6. The summed E-state index contributed by atoms with van der Waals surface area (Å²) in [5.41, 5.74) is 0.327. The van der Waals surface area contributed by atoms with E-state index in [4.69, 9.17) is 0 Å². The van der Waals surface area contributed by atoms with Gasteiger partial charge in [-0.2, -0.15) is 18.3 Å². The van der Waals surface area contributed by atoms with Crippen LogP contribution in [-0.4, -0.2) is 27.8 Å². The lowest BCUT2D eigenvalue weighted by Crippen LogP contribution is -2.25. The fourth-order valence-electron chi connectivity index (χ4n) is 2.41. The van der Waals surface area contributed by atoms with E-state index in [1.807, 2.05) is 0 Å². The Morgan fingerprint density at radius 2 is 2.13 bits per heavy atom. The van der Waals surface area contributed by atoms with E-state index in [0.29, 0.717) is 24.6 Å². The number of H-pyrrole nitrogens is 1. The van der Waals surface area contributed by atoms with Crippen molar-refractivity contribution in [1.82, 2.24) is 15.5 Å². The van der Waals surface area contributed by atoms with Crippen molar-refractivity contribution >= 4 is 11.6 Å². The molecule has 0 atom stereocenters. The van der Waals surface area contributed by atoms with Crippen LogP contribution in [0.2, 0.25) is 0 Å². The summed E-state index contributed by atoms with van der Waals surface area (Å²) in [5, 5.41) is 21.7. The number of halogens is 3. The number of alkyl halides is 3. The minimum Gasteiger partial charge on any atom is -0.506 e. The molecule has 3 rings (SSSR count). The van der Waals surface area contributed by atoms with Gasteiger partial charge in [-0.05, 0) is 18.2 Å². The average Bonchev–Trinajstić information content (AvgIpc) is 2.92. The van der Waals surface area contributed by atoms with Crippen LogP contribution in [0.3, 0.4) is 0 Å². The van der Waals surface area contributed by atoms with E-state index >= 15 is 0 Å². The van der Waals surface area contributed by atoms with E-state index in [2.05, 4.69) is 20.8 Å². The molecule has 0 radical (unpaired) electrons. The Kier molecular flexibility index (Phi) is 3.72. The third-order valence-corrected chi connectivity index (χ3v) is 3.59. The number of rotatable bonds is 2. The van der Waals surface area contributed by atoms with E-state index in [1.165, 1.54) is 0 Å². The molecule has 4 N–H and O–H groups in total. The number of hydrogen-bond donors (Lipinski definition) is 4. The summed E-state index contributed by atoms with van der Waals surface area (Å²) in [7, 11) is 0. The maximum atomic E-state index is 12.7. The monoisotopic (exact) mass is 326 g/mol. The Morgan fingerprint density at radius 1 is 1.35 bits per heavy atom. The summed E-state index contributed by atoms with van der Waals surface area (Å²) in [5.74, 6) is -1.13. The lowest BCUT2D eigenvalue weighted by molar-refractivity contribution is -0.137. The average molecular weight is 326 g/mol. The molecule has 23 heavy (non-hydrogen) atoms. The zero-order valence-corrected chi connectivity index (χ0v) is 11.8. The number of carbonyl (C=O) groups excluding carboxylic acids is 1. The number of nitrogens with one attached hydrogen (secondary N) is 3. The molecular weight excluding hydrogens is 313 g/mol. The third-order valence-electron chi connectivity index (χ3n) is 3.59. The number of amides is 1. The highest BCUT2D eigenvalue weighted by molar-refractivity contribution is 6.04. The quantitative estimate of drug-likeness (QED) is 0.636. The first-order chi connectivity index (χ1) is 10.9. The van der Waals surface area contributed by atoms with E-state index in [9.17, 15) is 23.1 Å². The first kappa shape index (κ1) is 15.3. The van der Waals surface area contributed by atoms with Gasteiger partial charge in [0.2, 0.25) is 0 Å². The largest absolute Gasteiger partial charge is 0.506 e. The molecule has 0 bridgehead atoms. The van der Waals surface area contributed by atoms with Crippen LogP contribution in [0.1, 0.15) is 27.3 Å². The molecule has 1 aliphatic heterocycles. The molecule has 2 aromatic rings. The number of aromatic amines is 1. The molecule has 0 saturated carbocycles. The predicted molar refractivity (Wildman–Crippen MR) is 75.1 cm³/mol. The molecular formula is C14H13F3N4O2. The Labute approximate surface area is 128 Å². The molecule has 0 unspecified atom stereocenters. The Morgan fingerprint density at radius 3 is 2.87 bits per heavy atom. The normalized spacial score (nSPS) is 14.4. The number of fused-ring (bicyclic) bond motifs is 1. The molecule has 1 aromatic carbocycles. The van der Waals surface area contributed by atoms with Gasteiger partial charge in [0.1, 0.15) is 5.75 Å². The van der Waals surface area contributed by atoms with Crippen LogP contribution in [0, 0.1) is 0 Å². The standard InChI is InChI=1S/C14H13F3N4O2/c15-14(16,17)7-1-2-11(22)10(5-7)19-13(23)12-8-6-18-4-3-9(8)20-21-12/h1-2,5,18,22H,3-4,6H2,(H,19,23)(H,20,21). The van der Waals surface area contributed by atoms with Crippen LogP contribution >= 0.6 is 0 Å². The third kappa shape index (κ3) is 3.00. The van der Waals surface area contributed by atoms with Crippen molar-refractivity contribution in [2.24, 2.45) is 0 Å². The van der Waals surface area contributed by atoms with Crippen molar-refractivity contribution < 1.29 is 23.1 Å². The fourth-order valence-corrected chi connectivity index (χ4v) is 2.41. The van der Waals surface area contributed by atoms with E-state index < -0.39 is 23.4 Å². The molecule has 1 amide bonds. The second kappa shape index (κ2) is 5.58.